The summed E-state index contributed by atoms with van der Waals surface area (Å²) >= 11 is 0. The largest absolute Gasteiger partial charge is 0.479 e. The Balaban J connectivity index is 7.50. The van der Waals surface area contributed by atoms with Crippen molar-refractivity contribution in [2.45, 2.75) is 72.5 Å². The predicted molar refractivity (Wildman–Crippen MR) is 121 cm³/mol. The number of hydrogen-bond acceptors (Lipinski definition) is 7. The Bertz CT molecular complexity index is 775. The topological polar surface area (TPSA) is 130 Å². The van der Waals surface area contributed by atoms with Gasteiger partial charge in [-0.1, -0.05) is 25.2 Å². The Hall–Kier alpha value is -2.45. The molecule has 0 aromatic carbocycles. The van der Waals surface area contributed by atoms with E-state index in [0.29, 0.717) is 0 Å². The van der Waals surface area contributed by atoms with Crippen molar-refractivity contribution in [2.75, 3.05) is 13.2 Å². The molecule has 0 aromatic heterocycles. The summed E-state index contributed by atoms with van der Waals surface area (Å²) in [6.07, 6.45) is 1.20. The second-order valence-electron chi connectivity index (χ2n) is 8.31. The molecule has 8 nitrogen and oxygen atoms in total. The molecule has 0 heterocycles. The van der Waals surface area contributed by atoms with Crippen LogP contribution in [0, 0.1) is 11.3 Å². The molecule has 3 unspecified atom stereocenters. The van der Waals surface area contributed by atoms with E-state index in [1.807, 2.05) is 0 Å². The Morgan fingerprint density at radius 1 is 1.03 bits per heavy atom. The number of carbonyl (C=O) groups is 3. The first-order valence-electron chi connectivity index (χ1n) is 10.6. The maximum Gasteiger partial charge on any atom is 0.343 e. The molecule has 0 spiro atoms. The highest BCUT2D eigenvalue weighted by Gasteiger charge is 2.67. The molecule has 0 amide bonds. The van der Waals surface area contributed by atoms with Gasteiger partial charge in [0.2, 0.25) is 5.60 Å². The molecule has 3 atom stereocenters. The monoisotopic (exact) mass is 454 g/mol. The van der Waals surface area contributed by atoms with Gasteiger partial charge in [-0.05, 0) is 65.5 Å². The van der Waals surface area contributed by atoms with E-state index in [1.165, 1.54) is 33.8 Å². The van der Waals surface area contributed by atoms with E-state index in [0.717, 1.165) is 0 Å². The zero-order valence-corrected chi connectivity index (χ0v) is 20.3. The van der Waals surface area contributed by atoms with Crippen LogP contribution in [0.5, 0.6) is 0 Å². The molecule has 0 radical (unpaired) electrons. The molecule has 0 aromatic rings. The Morgan fingerprint density at radius 3 is 1.88 bits per heavy atom. The fourth-order valence-electron chi connectivity index (χ4n) is 4.27. The summed E-state index contributed by atoms with van der Waals surface area (Å²) in [5.74, 6) is -5.04. The maximum atomic E-state index is 12.8. The van der Waals surface area contributed by atoms with Crippen molar-refractivity contribution in [3.63, 3.8) is 0 Å². The summed E-state index contributed by atoms with van der Waals surface area (Å²) in [5, 5.41) is 34.2. The van der Waals surface area contributed by atoms with Crippen LogP contribution in [0.4, 0.5) is 0 Å². The first kappa shape index (κ1) is 29.5. The molecule has 0 saturated carbocycles. The summed E-state index contributed by atoms with van der Waals surface area (Å²) < 4.78 is 10.2. The minimum absolute atomic E-state index is 0.0192. The SMILES string of the molecule is C=CCC(=C)C(O)(C(CC)C(=O)OCC)C(O)(C(=O)O)C(=C(C)C)C(C)(C)C(=O)OCC. The number of aliphatic hydroxyl groups is 2. The van der Waals surface area contributed by atoms with E-state index in [-0.39, 0.29) is 42.8 Å². The van der Waals surface area contributed by atoms with E-state index in [9.17, 15) is 29.7 Å². The van der Waals surface area contributed by atoms with Crippen LogP contribution in [0.2, 0.25) is 0 Å². The molecule has 0 saturated heterocycles. The number of aliphatic carboxylic acids is 1. The summed E-state index contributed by atoms with van der Waals surface area (Å²) in [5.41, 5.74) is -7.71. The minimum atomic E-state index is -3.12. The van der Waals surface area contributed by atoms with Gasteiger partial charge in [0.1, 0.15) is 5.60 Å². The van der Waals surface area contributed by atoms with E-state index in [1.54, 1.807) is 20.8 Å². The fraction of sp³-hybridized carbons (Fsp3) is 0.625. The van der Waals surface area contributed by atoms with Crippen molar-refractivity contribution in [3.8, 4) is 0 Å². The van der Waals surface area contributed by atoms with E-state index in [4.69, 9.17) is 9.47 Å². The molecule has 32 heavy (non-hydrogen) atoms. The molecule has 182 valence electrons. The van der Waals surface area contributed by atoms with Crippen LogP contribution in [0.3, 0.4) is 0 Å². The zero-order valence-electron chi connectivity index (χ0n) is 20.3. The Morgan fingerprint density at radius 2 is 1.53 bits per heavy atom. The number of carboxylic acid groups (broad SMARTS) is 1. The second-order valence-corrected chi connectivity index (χ2v) is 8.31. The smallest absolute Gasteiger partial charge is 0.343 e. The molecule has 0 aliphatic rings. The van der Waals surface area contributed by atoms with Gasteiger partial charge in [-0.3, -0.25) is 9.59 Å². The quantitative estimate of drug-likeness (QED) is 0.286. The van der Waals surface area contributed by atoms with Crippen LogP contribution in [0.1, 0.15) is 61.3 Å². The van der Waals surface area contributed by atoms with Crippen molar-refractivity contribution < 1.29 is 39.2 Å². The lowest BCUT2D eigenvalue weighted by Crippen LogP contribution is -2.68. The summed E-state index contributed by atoms with van der Waals surface area (Å²) in [6, 6.07) is 0. The van der Waals surface area contributed by atoms with Crippen LogP contribution in [0.25, 0.3) is 0 Å². The third-order valence-corrected chi connectivity index (χ3v) is 5.55. The van der Waals surface area contributed by atoms with E-state index >= 15 is 0 Å². The number of rotatable bonds is 13. The molecule has 3 N–H and O–H groups in total. The lowest BCUT2D eigenvalue weighted by molar-refractivity contribution is -0.197. The van der Waals surface area contributed by atoms with Gasteiger partial charge in [0.25, 0.3) is 0 Å². The number of esters is 2. The van der Waals surface area contributed by atoms with Crippen molar-refractivity contribution >= 4 is 17.9 Å². The highest BCUT2D eigenvalue weighted by atomic mass is 16.5. The highest BCUT2D eigenvalue weighted by Crippen LogP contribution is 2.50. The van der Waals surface area contributed by atoms with Gasteiger partial charge < -0.3 is 24.8 Å². The number of hydrogen-bond donors (Lipinski definition) is 3. The molecular formula is C24H38O8. The van der Waals surface area contributed by atoms with Crippen LogP contribution < -0.4 is 0 Å². The molecule has 0 aliphatic carbocycles. The van der Waals surface area contributed by atoms with Crippen LogP contribution >= 0.6 is 0 Å². The zero-order chi connectivity index (χ0) is 25.5. The van der Waals surface area contributed by atoms with Crippen molar-refractivity contribution in [1.29, 1.82) is 0 Å². The van der Waals surface area contributed by atoms with Gasteiger partial charge in [-0.15, -0.1) is 6.58 Å². The predicted octanol–water partition coefficient (Wildman–Crippen LogP) is 3.18. The van der Waals surface area contributed by atoms with Gasteiger partial charge >= 0.3 is 17.9 Å². The first-order valence-corrected chi connectivity index (χ1v) is 10.6. The fourth-order valence-corrected chi connectivity index (χ4v) is 4.27. The van der Waals surface area contributed by atoms with Crippen molar-refractivity contribution in [1.82, 2.24) is 0 Å². The number of carboxylic acids is 1. The third kappa shape index (κ3) is 5.13. The molecule has 0 aliphatic heterocycles. The van der Waals surface area contributed by atoms with Crippen LogP contribution in [0.15, 0.2) is 36.0 Å². The minimum Gasteiger partial charge on any atom is -0.479 e. The highest BCUT2D eigenvalue weighted by molar-refractivity contribution is 5.92. The maximum absolute atomic E-state index is 12.8. The van der Waals surface area contributed by atoms with Gasteiger partial charge in [0.05, 0.1) is 24.5 Å². The molecule has 0 fully saturated rings. The number of carbonyl (C=O) groups excluding carboxylic acids is 2. The lowest BCUT2D eigenvalue weighted by Gasteiger charge is -2.49. The number of allylic oxidation sites excluding steroid dienone is 2. The van der Waals surface area contributed by atoms with Gasteiger partial charge in [0.15, 0.2) is 0 Å². The Kier molecular flexibility index (Phi) is 10.6. The Labute approximate surface area is 190 Å². The lowest BCUT2D eigenvalue weighted by atomic mass is 9.59. The molecular weight excluding hydrogens is 416 g/mol. The van der Waals surface area contributed by atoms with Crippen molar-refractivity contribution in [2.24, 2.45) is 11.3 Å². The normalized spacial score (nSPS) is 16.0. The summed E-state index contributed by atoms with van der Waals surface area (Å²) in [6.45, 7) is 17.9. The average Bonchev–Trinajstić information content (AvgIpc) is 2.67. The van der Waals surface area contributed by atoms with Gasteiger partial charge in [0, 0.05) is 0 Å². The molecule has 0 rings (SSSR count). The third-order valence-electron chi connectivity index (χ3n) is 5.55. The van der Waals surface area contributed by atoms with E-state index < -0.39 is 40.4 Å². The van der Waals surface area contributed by atoms with Gasteiger partial charge in [-0.2, -0.15) is 0 Å². The average molecular weight is 455 g/mol. The van der Waals surface area contributed by atoms with Gasteiger partial charge in [-0.25, -0.2) is 4.79 Å². The molecule has 0 bridgehead atoms. The first-order chi connectivity index (χ1) is 14.7. The van der Waals surface area contributed by atoms with Crippen LogP contribution in [-0.4, -0.2) is 57.6 Å². The van der Waals surface area contributed by atoms with E-state index in [2.05, 4.69) is 13.2 Å². The molecule has 8 heteroatoms. The standard InChI is InChI=1S/C24H38O8/c1-10-14-16(7)23(29,17(11-2)19(25)31-12-3)24(30,20(26)27)18(15(5)6)22(8,9)21(28)32-13-4/h10,17,29-30H,1,7,11-14H2,2-6,8-9H3,(H,26,27). The van der Waals surface area contributed by atoms with Crippen LogP contribution in [-0.2, 0) is 23.9 Å². The summed E-state index contributed by atoms with van der Waals surface area (Å²) in [4.78, 5) is 38.4. The van der Waals surface area contributed by atoms with Crippen molar-refractivity contribution in [3.05, 3.63) is 36.0 Å². The summed E-state index contributed by atoms with van der Waals surface area (Å²) in [7, 11) is 0. The number of ether oxygens (including phenoxy) is 2. The second kappa shape index (κ2) is 11.4.